The van der Waals surface area contributed by atoms with Crippen LogP contribution in [0.15, 0.2) is 0 Å². The molecule has 96 valence electrons. The molecule has 1 aliphatic rings. The lowest BCUT2D eigenvalue weighted by Gasteiger charge is -2.16. The molecule has 2 heterocycles. The second-order valence-corrected chi connectivity index (χ2v) is 4.79. The van der Waals surface area contributed by atoms with Gasteiger partial charge in [0.15, 0.2) is 0 Å². The minimum atomic E-state index is 0.331. The monoisotopic (exact) mass is 238 g/mol. The van der Waals surface area contributed by atoms with Crippen molar-refractivity contribution in [2.75, 3.05) is 19.7 Å². The average molecular weight is 238 g/mol. The van der Waals surface area contributed by atoms with Crippen molar-refractivity contribution in [3.63, 3.8) is 0 Å². The number of nitrogens with one attached hydrogen (secondary N) is 1. The van der Waals surface area contributed by atoms with Gasteiger partial charge in [-0.05, 0) is 33.6 Å². The summed E-state index contributed by atoms with van der Waals surface area (Å²) in [5, 5.41) is 7.84. The van der Waals surface area contributed by atoms with Gasteiger partial charge in [-0.2, -0.15) is 5.10 Å². The van der Waals surface area contributed by atoms with E-state index in [4.69, 9.17) is 4.74 Å². The Bertz CT molecular complexity index is 357. The first-order valence-corrected chi connectivity index (χ1v) is 6.39. The highest BCUT2D eigenvalue weighted by molar-refractivity contribution is 4.90. The second-order valence-electron chi connectivity index (χ2n) is 4.79. The van der Waals surface area contributed by atoms with Gasteiger partial charge in [-0.25, -0.2) is 9.67 Å². The van der Waals surface area contributed by atoms with Gasteiger partial charge >= 0.3 is 0 Å². The molecule has 2 atom stereocenters. The van der Waals surface area contributed by atoms with Crippen LogP contribution >= 0.6 is 0 Å². The summed E-state index contributed by atoms with van der Waals surface area (Å²) in [5.41, 5.74) is 0. The Kier molecular flexibility index (Phi) is 4.12. The zero-order valence-corrected chi connectivity index (χ0v) is 10.9. The predicted octanol–water partition coefficient (Wildman–Crippen LogP) is 1.22. The molecule has 0 aromatic carbocycles. The Morgan fingerprint density at radius 1 is 1.53 bits per heavy atom. The van der Waals surface area contributed by atoms with Gasteiger partial charge in [-0.1, -0.05) is 0 Å². The lowest BCUT2D eigenvalue weighted by atomic mass is 10.2. The zero-order chi connectivity index (χ0) is 12.3. The summed E-state index contributed by atoms with van der Waals surface area (Å²) in [7, 11) is 0. The summed E-state index contributed by atoms with van der Waals surface area (Å²) in [6, 6.07) is 0.331. The standard InChI is InChI=1S/C12H22N4O/c1-9(16-11(3)14-10(2)15-16)7-13-8-12-5-4-6-17-12/h9,12-13H,4-8H2,1-3H3. The van der Waals surface area contributed by atoms with Crippen LogP contribution in [0.1, 0.15) is 37.5 Å². The van der Waals surface area contributed by atoms with E-state index in [9.17, 15) is 0 Å². The fourth-order valence-corrected chi connectivity index (χ4v) is 2.30. The summed E-state index contributed by atoms with van der Waals surface area (Å²) in [4.78, 5) is 4.32. The van der Waals surface area contributed by atoms with Crippen molar-refractivity contribution in [3.05, 3.63) is 11.6 Å². The van der Waals surface area contributed by atoms with E-state index in [1.165, 1.54) is 12.8 Å². The fourth-order valence-electron chi connectivity index (χ4n) is 2.30. The smallest absolute Gasteiger partial charge is 0.147 e. The molecule has 2 unspecified atom stereocenters. The van der Waals surface area contributed by atoms with Crippen LogP contribution in [0, 0.1) is 13.8 Å². The molecule has 5 heteroatoms. The molecule has 1 fully saturated rings. The molecule has 1 aromatic heterocycles. The van der Waals surface area contributed by atoms with E-state index in [-0.39, 0.29) is 0 Å². The van der Waals surface area contributed by atoms with Gasteiger partial charge in [0.2, 0.25) is 0 Å². The Labute approximate surface area is 103 Å². The van der Waals surface area contributed by atoms with E-state index in [1.54, 1.807) is 0 Å². The highest BCUT2D eigenvalue weighted by atomic mass is 16.5. The van der Waals surface area contributed by atoms with E-state index in [1.807, 2.05) is 18.5 Å². The molecule has 1 saturated heterocycles. The van der Waals surface area contributed by atoms with Crippen molar-refractivity contribution < 1.29 is 4.74 Å². The Morgan fingerprint density at radius 2 is 2.35 bits per heavy atom. The van der Waals surface area contributed by atoms with Gasteiger partial charge in [0.05, 0.1) is 12.1 Å². The fraction of sp³-hybridized carbons (Fsp3) is 0.833. The predicted molar refractivity (Wildman–Crippen MR) is 66.1 cm³/mol. The minimum absolute atomic E-state index is 0.331. The number of ether oxygens (including phenoxy) is 1. The number of hydrogen-bond donors (Lipinski definition) is 1. The number of rotatable bonds is 5. The molecule has 17 heavy (non-hydrogen) atoms. The van der Waals surface area contributed by atoms with Crippen LogP contribution in [-0.4, -0.2) is 40.6 Å². The third kappa shape index (κ3) is 3.26. The van der Waals surface area contributed by atoms with Gasteiger partial charge in [0.25, 0.3) is 0 Å². The molecule has 1 aromatic rings. The Morgan fingerprint density at radius 3 is 2.94 bits per heavy atom. The summed E-state index contributed by atoms with van der Waals surface area (Å²) in [6.07, 6.45) is 2.78. The third-order valence-corrected chi connectivity index (χ3v) is 3.16. The van der Waals surface area contributed by atoms with Crippen LogP contribution in [-0.2, 0) is 4.74 Å². The molecule has 0 bridgehead atoms. The van der Waals surface area contributed by atoms with E-state index >= 15 is 0 Å². The zero-order valence-electron chi connectivity index (χ0n) is 10.9. The van der Waals surface area contributed by atoms with Crippen molar-refractivity contribution in [1.29, 1.82) is 0 Å². The van der Waals surface area contributed by atoms with E-state index in [0.717, 1.165) is 31.3 Å². The van der Waals surface area contributed by atoms with Gasteiger partial charge < -0.3 is 10.1 Å². The number of hydrogen-bond acceptors (Lipinski definition) is 4. The van der Waals surface area contributed by atoms with Crippen LogP contribution in [0.3, 0.4) is 0 Å². The van der Waals surface area contributed by atoms with E-state index in [2.05, 4.69) is 22.3 Å². The maximum atomic E-state index is 5.57. The first-order chi connectivity index (χ1) is 8.16. The number of nitrogens with zero attached hydrogens (tertiary/aromatic N) is 3. The normalized spacial score (nSPS) is 21.9. The average Bonchev–Trinajstić information content (AvgIpc) is 2.88. The molecule has 5 nitrogen and oxygen atoms in total. The molecule has 1 N–H and O–H groups in total. The van der Waals surface area contributed by atoms with Crippen molar-refractivity contribution in [3.8, 4) is 0 Å². The molecule has 2 rings (SSSR count). The van der Waals surface area contributed by atoms with Gasteiger partial charge in [0, 0.05) is 19.7 Å². The van der Waals surface area contributed by atoms with Crippen LogP contribution in [0.25, 0.3) is 0 Å². The van der Waals surface area contributed by atoms with Crippen molar-refractivity contribution in [2.24, 2.45) is 0 Å². The highest BCUT2D eigenvalue weighted by Gasteiger charge is 2.16. The van der Waals surface area contributed by atoms with Crippen molar-refractivity contribution in [2.45, 2.75) is 45.8 Å². The summed E-state index contributed by atoms with van der Waals surface area (Å²) in [6.45, 7) is 8.85. The quantitative estimate of drug-likeness (QED) is 0.838. The van der Waals surface area contributed by atoms with Crippen LogP contribution in [0.5, 0.6) is 0 Å². The maximum Gasteiger partial charge on any atom is 0.147 e. The molecular formula is C12H22N4O. The first kappa shape index (κ1) is 12.5. The molecule has 0 spiro atoms. The molecule has 0 amide bonds. The van der Waals surface area contributed by atoms with Crippen LogP contribution in [0.2, 0.25) is 0 Å². The summed E-state index contributed by atoms with van der Waals surface area (Å²) < 4.78 is 7.55. The SMILES string of the molecule is Cc1nc(C)n(C(C)CNCC2CCCO2)n1. The van der Waals surface area contributed by atoms with Gasteiger partial charge in [-0.3, -0.25) is 0 Å². The lowest BCUT2D eigenvalue weighted by Crippen LogP contribution is -2.31. The van der Waals surface area contributed by atoms with Crippen molar-refractivity contribution >= 4 is 0 Å². The van der Waals surface area contributed by atoms with Crippen molar-refractivity contribution in [1.82, 2.24) is 20.1 Å². The van der Waals surface area contributed by atoms with Gasteiger partial charge in [-0.15, -0.1) is 0 Å². The second kappa shape index (κ2) is 5.60. The molecule has 1 aliphatic heterocycles. The topological polar surface area (TPSA) is 52.0 Å². The number of aromatic nitrogens is 3. The number of aryl methyl sites for hydroxylation is 2. The molecular weight excluding hydrogens is 216 g/mol. The minimum Gasteiger partial charge on any atom is -0.377 e. The highest BCUT2D eigenvalue weighted by Crippen LogP contribution is 2.11. The maximum absolute atomic E-state index is 5.57. The van der Waals surface area contributed by atoms with Crippen LogP contribution < -0.4 is 5.32 Å². The Hall–Kier alpha value is -0.940. The molecule has 0 aliphatic carbocycles. The van der Waals surface area contributed by atoms with E-state index in [0.29, 0.717) is 12.1 Å². The third-order valence-electron chi connectivity index (χ3n) is 3.16. The first-order valence-electron chi connectivity index (χ1n) is 6.39. The van der Waals surface area contributed by atoms with Crippen LogP contribution in [0.4, 0.5) is 0 Å². The Balaban J connectivity index is 1.76. The summed E-state index contributed by atoms with van der Waals surface area (Å²) in [5.74, 6) is 1.82. The molecule has 0 saturated carbocycles. The largest absolute Gasteiger partial charge is 0.377 e. The summed E-state index contributed by atoms with van der Waals surface area (Å²) >= 11 is 0. The molecule has 0 radical (unpaired) electrons. The van der Waals surface area contributed by atoms with E-state index < -0.39 is 0 Å². The lowest BCUT2D eigenvalue weighted by molar-refractivity contribution is 0.109. The van der Waals surface area contributed by atoms with Gasteiger partial charge in [0.1, 0.15) is 11.6 Å².